The first-order chi connectivity index (χ1) is 10.6. The van der Waals surface area contributed by atoms with E-state index in [1.54, 1.807) is 6.07 Å². The maximum atomic E-state index is 11.8. The maximum absolute atomic E-state index is 11.8. The molecule has 0 aliphatic rings. The fourth-order valence-electron chi connectivity index (χ4n) is 2.16. The van der Waals surface area contributed by atoms with Crippen molar-refractivity contribution in [3.8, 4) is 5.75 Å². The lowest BCUT2D eigenvalue weighted by Gasteiger charge is -2.14. The lowest BCUT2D eigenvalue weighted by Crippen LogP contribution is -2.15. The van der Waals surface area contributed by atoms with Gasteiger partial charge in [-0.3, -0.25) is 0 Å². The predicted molar refractivity (Wildman–Crippen MR) is 87.7 cm³/mol. The SMILES string of the molecule is COC(=O)c1cccc(C)c1NCCOc1ccc(C)cc1. The summed E-state index contributed by atoms with van der Waals surface area (Å²) in [6, 6.07) is 13.5. The molecule has 0 aliphatic heterocycles. The highest BCUT2D eigenvalue weighted by Gasteiger charge is 2.12. The van der Waals surface area contributed by atoms with Gasteiger partial charge in [0.15, 0.2) is 0 Å². The van der Waals surface area contributed by atoms with E-state index in [0.29, 0.717) is 18.7 Å². The molecule has 0 saturated heterocycles. The molecule has 0 radical (unpaired) electrons. The fraction of sp³-hybridized carbons (Fsp3) is 0.278. The minimum Gasteiger partial charge on any atom is -0.492 e. The highest BCUT2D eigenvalue weighted by Crippen LogP contribution is 2.21. The van der Waals surface area contributed by atoms with E-state index >= 15 is 0 Å². The van der Waals surface area contributed by atoms with E-state index in [4.69, 9.17) is 9.47 Å². The van der Waals surface area contributed by atoms with Crippen molar-refractivity contribution in [3.63, 3.8) is 0 Å². The van der Waals surface area contributed by atoms with Gasteiger partial charge in [0.05, 0.1) is 18.4 Å². The van der Waals surface area contributed by atoms with Gasteiger partial charge in [-0.05, 0) is 37.6 Å². The van der Waals surface area contributed by atoms with Crippen molar-refractivity contribution < 1.29 is 14.3 Å². The topological polar surface area (TPSA) is 47.6 Å². The molecule has 1 N–H and O–H groups in total. The van der Waals surface area contributed by atoms with E-state index < -0.39 is 0 Å². The molecule has 22 heavy (non-hydrogen) atoms. The molecule has 0 amide bonds. The number of carbonyl (C=O) groups is 1. The molecule has 4 nitrogen and oxygen atoms in total. The van der Waals surface area contributed by atoms with Gasteiger partial charge < -0.3 is 14.8 Å². The van der Waals surface area contributed by atoms with Gasteiger partial charge >= 0.3 is 5.97 Å². The molecular weight excluding hydrogens is 278 g/mol. The van der Waals surface area contributed by atoms with Crippen molar-refractivity contribution in [2.45, 2.75) is 13.8 Å². The lowest BCUT2D eigenvalue weighted by molar-refractivity contribution is 0.0601. The van der Waals surface area contributed by atoms with Crippen molar-refractivity contribution in [1.82, 2.24) is 0 Å². The van der Waals surface area contributed by atoms with E-state index in [9.17, 15) is 4.79 Å². The van der Waals surface area contributed by atoms with Crippen LogP contribution in [-0.4, -0.2) is 26.2 Å². The van der Waals surface area contributed by atoms with Crippen LogP contribution in [0.5, 0.6) is 5.75 Å². The summed E-state index contributed by atoms with van der Waals surface area (Å²) in [7, 11) is 1.38. The average molecular weight is 299 g/mol. The molecule has 0 saturated carbocycles. The molecule has 0 aliphatic carbocycles. The van der Waals surface area contributed by atoms with Crippen LogP contribution in [0.15, 0.2) is 42.5 Å². The van der Waals surface area contributed by atoms with E-state index in [-0.39, 0.29) is 5.97 Å². The van der Waals surface area contributed by atoms with Gasteiger partial charge in [-0.25, -0.2) is 4.79 Å². The zero-order valence-electron chi connectivity index (χ0n) is 13.2. The highest BCUT2D eigenvalue weighted by atomic mass is 16.5. The second-order valence-electron chi connectivity index (χ2n) is 5.08. The minimum atomic E-state index is -0.342. The summed E-state index contributed by atoms with van der Waals surface area (Å²) >= 11 is 0. The molecule has 0 atom stereocenters. The zero-order chi connectivity index (χ0) is 15.9. The number of benzene rings is 2. The van der Waals surface area contributed by atoms with Crippen molar-refractivity contribution in [2.75, 3.05) is 25.6 Å². The first-order valence-corrected chi connectivity index (χ1v) is 7.23. The Morgan fingerprint density at radius 3 is 2.50 bits per heavy atom. The van der Waals surface area contributed by atoms with E-state index in [2.05, 4.69) is 5.32 Å². The Morgan fingerprint density at radius 2 is 1.82 bits per heavy atom. The smallest absolute Gasteiger partial charge is 0.339 e. The number of rotatable bonds is 6. The molecule has 0 aromatic heterocycles. The second-order valence-corrected chi connectivity index (χ2v) is 5.08. The number of aryl methyl sites for hydroxylation is 2. The Bertz CT molecular complexity index is 635. The van der Waals surface area contributed by atoms with Crippen molar-refractivity contribution >= 4 is 11.7 Å². The maximum Gasteiger partial charge on any atom is 0.339 e. The molecule has 2 aromatic carbocycles. The number of hydrogen-bond acceptors (Lipinski definition) is 4. The first kappa shape index (κ1) is 15.9. The minimum absolute atomic E-state index is 0.342. The number of esters is 1. The molecule has 0 bridgehead atoms. The number of hydrogen-bond donors (Lipinski definition) is 1. The summed E-state index contributed by atoms with van der Waals surface area (Å²) in [5.41, 5.74) is 3.53. The normalized spacial score (nSPS) is 10.1. The van der Waals surface area contributed by atoms with Crippen LogP contribution in [0.1, 0.15) is 21.5 Å². The van der Waals surface area contributed by atoms with Crippen LogP contribution in [0.25, 0.3) is 0 Å². The Hall–Kier alpha value is -2.49. The van der Waals surface area contributed by atoms with Crippen LogP contribution in [0.3, 0.4) is 0 Å². The number of ether oxygens (including phenoxy) is 2. The summed E-state index contributed by atoms with van der Waals surface area (Å²) in [4.78, 5) is 11.8. The average Bonchev–Trinajstić information content (AvgIpc) is 2.53. The molecule has 0 unspecified atom stereocenters. The molecule has 2 aromatic rings. The van der Waals surface area contributed by atoms with Gasteiger partial charge in [-0.1, -0.05) is 29.8 Å². The van der Waals surface area contributed by atoms with Crippen LogP contribution >= 0.6 is 0 Å². The van der Waals surface area contributed by atoms with Crippen LogP contribution in [0.4, 0.5) is 5.69 Å². The van der Waals surface area contributed by atoms with Crippen molar-refractivity contribution in [3.05, 3.63) is 59.2 Å². The zero-order valence-corrected chi connectivity index (χ0v) is 13.2. The molecule has 116 valence electrons. The monoisotopic (exact) mass is 299 g/mol. The Labute approximate surface area is 131 Å². The number of para-hydroxylation sites is 1. The molecular formula is C18H21NO3. The summed E-state index contributed by atoms with van der Waals surface area (Å²) in [6.45, 7) is 5.11. The number of anilines is 1. The van der Waals surface area contributed by atoms with Crippen LogP contribution < -0.4 is 10.1 Å². The van der Waals surface area contributed by atoms with E-state index in [0.717, 1.165) is 17.0 Å². The third-order valence-corrected chi connectivity index (χ3v) is 3.37. The van der Waals surface area contributed by atoms with Gasteiger partial charge in [0, 0.05) is 6.54 Å². The van der Waals surface area contributed by atoms with Gasteiger partial charge in [0.1, 0.15) is 12.4 Å². The number of nitrogens with one attached hydrogen (secondary N) is 1. The quantitative estimate of drug-likeness (QED) is 0.654. The van der Waals surface area contributed by atoms with Gasteiger partial charge in [0.2, 0.25) is 0 Å². The second kappa shape index (κ2) is 7.50. The van der Waals surface area contributed by atoms with Crippen molar-refractivity contribution in [1.29, 1.82) is 0 Å². The Morgan fingerprint density at radius 1 is 1.09 bits per heavy atom. The van der Waals surface area contributed by atoms with Gasteiger partial charge in [0.25, 0.3) is 0 Å². The summed E-state index contributed by atoms with van der Waals surface area (Å²) in [6.07, 6.45) is 0. The van der Waals surface area contributed by atoms with Crippen LogP contribution in [-0.2, 0) is 4.74 Å². The first-order valence-electron chi connectivity index (χ1n) is 7.23. The number of methoxy groups -OCH3 is 1. The fourth-order valence-corrected chi connectivity index (χ4v) is 2.16. The van der Waals surface area contributed by atoms with Gasteiger partial charge in [-0.15, -0.1) is 0 Å². The van der Waals surface area contributed by atoms with Gasteiger partial charge in [-0.2, -0.15) is 0 Å². The molecule has 0 heterocycles. The molecule has 0 spiro atoms. The third kappa shape index (κ3) is 4.01. The third-order valence-electron chi connectivity index (χ3n) is 3.37. The summed E-state index contributed by atoms with van der Waals surface area (Å²) in [5.74, 6) is 0.496. The Kier molecular flexibility index (Phi) is 5.42. The highest BCUT2D eigenvalue weighted by molar-refractivity contribution is 5.96. The van der Waals surface area contributed by atoms with E-state index in [1.165, 1.54) is 12.7 Å². The van der Waals surface area contributed by atoms with E-state index in [1.807, 2.05) is 50.2 Å². The largest absolute Gasteiger partial charge is 0.492 e. The molecule has 0 fully saturated rings. The predicted octanol–water partition coefficient (Wildman–Crippen LogP) is 3.58. The Balaban J connectivity index is 1.94. The lowest BCUT2D eigenvalue weighted by atomic mass is 10.1. The number of carbonyl (C=O) groups excluding carboxylic acids is 1. The standard InChI is InChI=1S/C18H21NO3/c1-13-7-9-15(10-8-13)22-12-11-19-17-14(2)5-4-6-16(17)18(20)21-3/h4-10,19H,11-12H2,1-3H3. The van der Waals surface area contributed by atoms with Crippen molar-refractivity contribution in [2.24, 2.45) is 0 Å². The van der Waals surface area contributed by atoms with Crippen LogP contribution in [0.2, 0.25) is 0 Å². The summed E-state index contributed by atoms with van der Waals surface area (Å²) < 4.78 is 10.5. The summed E-state index contributed by atoms with van der Waals surface area (Å²) in [5, 5.41) is 3.25. The molecule has 2 rings (SSSR count). The van der Waals surface area contributed by atoms with Crippen LogP contribution in [0, 0.1) is 13.8 Å². The molecule has 4 heteroatoms.